The summed E-state index contributed by atoms with van der Waals surface area (Å²) in [6.07, 6.45) is 0.419. The van der Waals surface area contributed by atoms with Crippen molar-refractivity contribution in [3.05, 3.63) is 29.8 Å². The quantitative estimate of drug-likeness (QED) is 0.612. The van der Waals surface area contributed by atoms with Gasteiger partial charge in [-0.15, -0.1) is 0 Å². The average molecular weight is 334 g/mol. The maximum Gasteiger partial charge on any atom is 0.118 e. The second kappa shape index (κ2) is 5.84. The molecule has 0 aliphatic carbocycles. The standard InChI is InChI=1S/C12H15IO3/c1-14-10-4-2-9(3-5-10)12(6-13)16-11-7-15-8-11/h2-5,11-12H,6-8H2,1H3. The van der Waals surface area contributed by atoms with Gasteiger partial charge in [-0.3, -0.25) is 0 Å². The largest absolute Gasteiger partial charge is 0.497 e. The predicted molar refractivity (Wildman–Crippen MR) is 70.3 cm³/mol. The third-order valence-corrected chi connectivity index (χ3v) is 3.39. The van der Waals surface area contributed by atoms with Crippen molar-refractivity contribution in [3.8, 4) is 5.75 Å². The molecule has 1 aromatic carbocycles. The molecular formula is C12H15IO3. The fraction of sp³-hybridized carbons (Fsp3) is 0.500. The van der Waals surface area contributed by atoms with Gasteiger partial charge in [-0.1, -0.05) is 34.7 Å². The number of halogens is 1. The molecule has 1 fully saturated rings. The van der Waals surface area contributed by atoms with Gasteiger partial charge in [0.1, 0.15) is 11.9 Å². The summed E-state index contributed by atoms with van der Waals surface area (Å²) in [5.74, 6) is 0.878. The summed E-state index contributed by atoms with van der Waals surface area (Å²) in [6.45, 7) is 1.45. The Kier molecular flexibility index (Phi) is 4.43. The highest BCUT2D eigenvalue weighted by atomic mass is 127. The van der Waals surface area contributed by atoms with E-state index in [1.165, 1.54) is 5.56 Å². The zero-order chi connectivity index (χ0) is 11.4. The molecule has 2 rings (SSSR count). The summed E-state index contributed by atoms with van der Waals surface area (Å²) < 4.78 is 17.1. The van der Waals surface area contributed by atoms with E-state index >= 15 is 0 Å². The SMILES string of the molecule is COc1ccc(C(CI)OC2COC2)cc1. The summed E-state index contributed by atoms with van der Waals surface area (Å²) >= 11 is 2.35. The van der Waals surface area contributed by atoms with Gasteiger partial charge in [-0.25, -0.2) is 0 Å². The fourth-order valence-electron chi connectivity index (χ4n) is 1.55. The molecule has 0 N–H and O–H groups in total. The van der Waals surface area contributed by atoms with Crippen molar-refractivity contribution in [2.24, 2.45) is 0 Å². The maximum absolute atomic E-state index is 5.92. The van der Waals surface area contributed by atoms with Crippen molar-refractivity contribution in [3.63, 3.8) is 0 Å². The number of alkyl halides is 1. The Morgan fingerprint density at radius 3 is 2.50 bits per heavy atom. The molecule has 3 nitrogen and oxygen atoms in total. The molecule has 0 aromatic heterocycles. The van der Waals surface area contributed by atoms with Gasteiger partial charge < -0.3 is 14.2 Å². The first-order valence-electron chi connectivity index (χ1n) is 5.26. The first-order valence-corrected chi connectivity index (χ1v) is 6.79. The third-order valence-electron chi connectivity index (χ3n) is 2.59. The Morgan fingerprint density at radius 1 is 1.38 bits per heavy atom. The van der Waals surface area contributed by atoms with Gasteiger partial charge in [0, 0.05) is 4.43 Å². The van der Waals surface area contributed by atoms with Crippen molar-refractivity contribution in [2.75, 3.05) is 24.8 Å². The summed E-state index contributed by atoms with van der Waals surface area (Å²) in [5, 5.41) is 0. The van der Waals surface area contributed by atoms with E-state index in [2.05, 4.69) is 34.7 Å². The van der Waals surface area contributed by atoms with Crippen LogP contribution in [0.5, 0.6) is 5.75 Å². The highest BCUT2D eigenvalue weighted by Gasteiger charge is 2.23. The van der Waals surface area contributed by atoms with E-state index in [0.29, 0.717) is 0 Å². The smallest absolute Gasteiger partial charge is 0.118 e. The predicted octanol–water partition coefficient (Wildman–Crippen LogP) is 2.59. The Balaban J connectivity index is 2.00. The molecule has 0 amide bonds. The minimum atomic E-state index is 0.153. The van der Waals surface area contributed by atoms with Crippen molar-refractivity contribution in [1.82, 2.24) is 0 Å². The summed E-state index contributed by atoms with van der Waals surface area (Å²) in [6, 6.07) is 8.05. The molecule has 0 bridgehead atoms. The summed E-state index contributed by atoms with van der Waals surface area (Å²) in [5.41, 5.74) is 1.20. The number of hydrogen-bond donors (Lipinski definition) is 0. The minimum Gasteiger partial charge on any atom is -0.497 e. The van der Waals surface area contributed by atoms with E-state index in [4.69, 9.17) is 14.2 Å². The zero-order valence-corrected chi connectivity index (χ0v) is 11.3. The Labute approximate surface area is 109 Å². The number of hydrogen-bond acceptors (Lipinski definition) is 3. The van der Waals surface area contributed by atoms with E-state index in [9.17, 15) is 0 Å². The monoisotopic (exact) mass is 334 g/mol. The Bertz CT molecular complexity index is 322. The average Bonchev–Trinajstić information content (AvgIpc) is 2.28. The van der Waals surface area contributed by atoms with E-state index in [1.807, 2.05) is 12.1 Å². The van der Waals surface area contributed by atoms with Crippen LogP contribution in [0.25, 0.3) is 0 Å². The van der Waals surface area contributed by atoms with Gasteiger partial charge in [-0.05, 0) is 17.7 Å². The summed E-state index contributed by atoms with van der Waals surface area (Å²) in [4.78, 5) is 0. The number of benzene rings is 1. The van der Waals surface area contributed by atoms with Crippen LogP contribution >= 0.6 is 22.6 Å². The molecule has 1 unspecified atom stereocenters. The van der Waals surface area contributed by atoms with Crippen LogP contribution in [0.3, 0.4) is 0 Å². The molecule has 1 atom stereocenters. The normalized spacial score (nSPS) is 17.9. The van der Waals surface area contributed by atoms with Crippen LogP contribution in [-0.2, 0) is 9.47 Å². The Morgan fingerprint density at radius 2 is 2.06 bits per heavy atom. The highest BCUT2D eigenvalue weighted by molar-refractivity contribution is 14.1. The molecule has 1 aliphatic heterocycles. The first-order chi connectivity index (χ1) is 7.83. The van der Waals surface area contributed by atoms with Crippen LogP contribution in [0.4, 0.5) is 0 Å². The van der Waals surface area contributed by atoms with Crippen molar-refractivity contribution >= 4 is 22.6 Å². The molecule has 0 spiro atoms. The first kappa shape index (κ1) is 12.1. The van der Waals surface area contributed by atoms with Gasteiger partial charge in [0.15, 0.2) is 0 Å². The lowest BCUT2D eigenvalue weighted by atomic mass is 10.1. The van der Waals surface area contributed by atoms with Crippen molar-refractivity contribution in [2.45, 2.75) is 12.2 Å². The van der Waals surface area contributed by atoms with E-state index in [-0.39, 0.29) is 12.2 Å². The molecule has 88 valence electrons. The molecule has 16 heavy (non-hydrogen) atoms. The second-order valence-corrected chi connectivity index (χ2v) is 4.59. The van der Waals surface area contributed by atoms with Crippen LogP contribution in [0.15, 0.2) is 24.3 Å². The lowest BCUT2D eigenvalue weighted by Crippen LogP contribution is -2.37. The van der Waals surface area contributed by atoms with Crippen LogP contribution in [0.2, 0.25) is 0 Å². The van der Waals surface area contributed by atoms with Crippen LogP contribution in [0, 0.1) is 0 Å². The van der Waals surface area contributed by atoms with E-state index in [1.54, 1.807) is 7.11 Å². The van der Waals surface area contributed by atoms with Gasteiger partial charge in [0.2, 0.25) is 0 Å². The third kappa shape index (κ3) is 2.87. The minimum absolute atomic E-state index is 0.153. The molecule has 0 radical (unpaired) electrons. The van der Waals surface area contributed by atoms with Crippen LogP contribution in [-0.4, -0.2) is 30.9 Å². The number of methoxy groups -OCH3 is 1. The molecule has 1 aliphatic rings. The fourth-order valence-corrected chi connectivity index (χ4v) is 2.26. The highest BCUT2D eigenvalue weighted by Crippen LogP contribution is 2.25. The van der Waals surface area contributed by atoms with E-state index < -0.39 is 0 Å². The van der Waals surface area contributed by atoms with Crippen molar-refractivity contribution < 1.29 is 14.2 Å². The lowest BCUT2D eigenvalue weighted by Gasteiger charge is -2.30. The zero-order valence-electron chi connectivity index (χ0n) is 9.19. The second-order valence-electron chi connectivity index (χ2n) is 3.71. The van der Waals surface area contributed by atoms with Gasteiger partial charge in [0.25, 0.3) is 0 Å². The molecule has 1 aromatic rings. The van der Waals surface area contributed by atoms with Gasteiger partial charge in [0.05, 0.1) is 26.4 Å². The van der Waals surface area contributed by atoms with Gasteiger partial charge in [-0.2, -0.15) is 0 Å². The maximum atomic E-state index is 5.92. The van der Waals surface area contributed by atoms with Gasteiger partial charge >= 0.3 is 0 Å². The van der Waals surface area contributed by atoms with Crippen LogP contribution < -0.4 is 4.74 Å². The molecule has 1 heterocycles. The summed E-state index contributed by atoms with van der Waals surface area (Å²) in [7, 11) is 1.67. The Hall–Kier alpha value is -0.330. The van der Waals surface area contributed by atoms with Crippen LogP contribution in [0.1, 0.15) is 11.7 Å². The topological polar surface area (TPSA) is 27.7 Å². The number of rotatable bonds is 5. The molecule has 0 saturated carbocycles. The molecule has 4 heteroatoms. The lowest BCUT2D eigenvalue weighted by molar-refractivity contribution is -0.150. The van der Waals surface area contributed by atoms with E-state index in [0.717, 1.165) is 23.4 Å². The van der Waals surface area contributed by atoms with Crippen molar-refractivity contribution in [1.29, 1.82) is 0 Å². The molecule has 1 saturated heterocycles. The molecular weight excluding hydrogens is 319 g/mol. The number of ether oxygens (including phenoxy) is 3.